The van der Waals surface area contributed by atoms with Gasteiger partial charge < -0.3 is 16.2 Å². The summed E-state index contributed by atoms with van der Waals surface area (Å²) in [5.74, 6) is -1.17. The van der Waals surface area contributed by atoms with E-state index in [1.807, 2.05) is 6.92 Å². The molecule has 0 aromatic heterocycles. The van der Waals surface area contributed by atoms with E-state index in [0.29, 0.717) is 6.42 Å². The van der Waals surface area contributed by atoms with Gasteiger partial charge in [0.2, 0.25) is 0 Å². The van der Waals surface area contributed by atoms with Crippen LogP contribution in [0.25, 0.3) is 0 Å². The van der Waals surface area contributed by atoms with Crippen molar-refractivity contribution in [3.8, 4) is 0 Å². The first-order chi connectivity index (χ1) is 5.57. The van der Waals surface area contributed by atoms with E-state index in [4.69, 9.17) is 16.2 Å². The van der Waals surface area contributed by atoms with E-state index in [0.717, 1.165) is 12.8 Å². The third-order valence-corrected chi connectivity index (χ3v) is 1.38. The number of carbonyl (C=O) groups is 1. The second-order valence-corrected chi connectivity index (χ2v) is 2.53. The van der Waals surface area contributed by atoms with Gasteiger partial charge in [-0.15, -0.1) is 0 Å². The smallest absolute Gasteiger partial charge is 0.351 e. The quantitative estimate of drug-likeness (QED) is 0.427. The van der Waals surface area contributed by atoms with Crippen LogP contribution < -0.4 is 5.73 Å². The van der Waals surface area contributed by atoms with Crippen LogP contribution in [0.15, 0.2) is 11.8 Å². The van der Waals surface area contributed by atoms with Crippen molar-refractivity contribution in [3.63, 3.8) is 0 Å². The minimum absolute atomic E-state index is 0.267. The van der Waals surface area contributed by atoms with Gasteiger partial charge in [-0.25, -0.2) is 4.79 Å². The van der Waals surface area contributed by atoms with Crippen LogP contribution in [0.2, 0.25) is 0 Å². The SMILES string of the molecule is CCCCC(=N)/C=C(\N)C(=O)O. The minimum atomic E-state index is -1.17. The number of hydrogen-bond donors (Lipinski definition) is 3. The zero-order valence-corrected chi connectivity index (χ0v) is 7.13. The molecule has 68 valence electrons. The molecule has 0 saturated heterocycles. The Kier molecular flexibility index (Phi) is 4.76. The fourth-order valence-electron chi connectivity index (χ4n) is 0.689. The molecule has 12 heavy (non-hydrogen) atoms. The first kappa shape index (κ1) is 10.7. The molecule has 0 aliphatic rings. The summed E-state index contributed by atoms with van der Waals surface area (Å²) in [4.78, 5) is 10.2. The topological polar surface area (TPSA) is 87.2 Å². The van der Waals surface area contributed by atoms with Crippen molar-refractivity contribution >= 4 is 11.7 Å². The third-order valence-electron chi connectivity index (χ3n) is 1.38. The summed E-state index contributed by atoms with van der Waals surface area (Å²) < 4.78 is 0. The van der Waals surface area contributed by atoms with Crippen molar-refractivity contribution in [2.45, 2.75) is 26.2 Å². The van der Waals surface area contributed by atoms with Crippen molar-refractivity contribution in [1.82, 2.24) is 0 Å². The van der Waals surface area contributed by atoms with Gasteiger partial charge in [0.05, 0.1) is 0 Å². The van der Waals surface area contributed by atoms with Crippen LogP contribution in [0.4, 0.5) is 0 Å². The Morgan fingerprint density at radius 1 is 1.67 bits per heavy atom. The highest BCUT2D eigenvalue weighted by Gasteiger charge is 2.01. The molecule has 0 aliphatic carbocycles. The fraction of sp³-hybridized carbons (Fsp3) is 0.500. The lowest BCUT2D eigenvalue weighted by Crippen LogP contribution is -2.11. The molecule has 0 aliphatic heterocycles. The number of allylic oxidation sites excluding steroid dienone is 1. The Hall–Kier alpha value is -1.32. The average molecular weight is 170 g/mol. The molecule has 0 unspecified atom stereocenters. The maximum Gasteiger partial charge on any atom is 0.351 e. The molecule has 0 radical (unpaired) electrons. The fourth-order valence-corrected chi connectivity index (χ4v) is 0.689. The van der Waals surface area contributed by atoms with Crippen LogP contribution in [0.1, 0.15) is 26.2 Å². The van der Waals surface area contributed by atoms with E-state index in [1.54, 1.807) is 0 Å². The van der Waals surface area contributed by atoms with Crippen molar-refractivity contribution in [3.05, 3.63) is 11.8 Å². The number of carboxylic acids is 1. The summed E-state index contributed by atoms with van der Waals surface area (Å²) in [6.07, 6.45) is 3.66. The molecule has 0 amide bonds. The molecule has 0 spiro atoms. The molecule has 4 heteroatoms. The van der Waals surface area contributed by atoms with Gasteiger partial charge >= 0.3 is 5.97 Å². The van der Waals surface area contributed by atoms with Crippen LogP contribution >= 0.6 is 0 Å². The highest BCUT2D eigenvalue weighted by Crippen LogP contribution is 1.97. The molecule has 4 N–H and O–H groups in total. The predicted molar refractivity (Wildman–Crippen MR) is 47.2 cm³/mol. The molecule has 0 atom stereocenters. The lowest BCUT2D eigenvalue weighted by molar-refractivity contribution is -0.132. The molecule has 0 rings (SSSR count). The van der Waals surface area contributed by atoms with Gasteiger partial charge in [0.15, 0.2) is 0 Å². The highest BCUT2D eigenvalue weighted by atomic mass is 16.4. The monoisotopic (exact) mass is 170 g/mol. The predicted octanol–water partition coefficient (Wildman–Crippen LogP) is 1.12. The molecular formula is C8H14N2O2. The number of aliphatic carboxylic acids is 1. The van der Waals surface area contributed by atoms with E-state index >= 15 is 0 Å². The first-order valence-electron chi connectivity index (χ1n) is 3.85. The van der Waals surface area contributed by atoms with E-state index in [-0.39, 0.29) is 11.4 Å². The second-order valence-electron chi connectivity index (χ2n) is 2.53. The van der Waals surface area contributed by atoms with Crippen LogP contribution in [0.3, 0.4) is 0 Å². The van der Waals surface area contributed by atoms with E-state index in [2.05, 4.69) is 0 Å². The zero-order valence-electron chi connectivity index (χ0n) is 7.13. The highest BCUT2D eigenvalue weighted by molar-refractivity contribution is 5.99. The van der Waals surface area contributed by atoms with E-state index in [1.165, 1.54) is 6.08 Å². The third kappa shape index (κ3) is 4.49. The van der Waals surface area contributed by atoms with Gasteiger partial charge in [0.1, 0.15) is 5.70 Å². The Labute approximate surface area is 71.6 Å². The van der Waals surface area contributed by atoms with Crippen molar-refractivity contribution in [2.24, 2.45) is 5.73 Å². The Bertz CT molecular complexity index is 209. The number of nitrogens with two attached hydrogens (primary N) is 1. The van der Waals surface area contributed by atoms with Gasteiger partial charge in [-0.05, 0) is 18.9 Å². The van der Waals surface area contributed by atoms with Crippen LogP contribution in [-0.2, 0) is 4.79 Å². The van der Waals surface area contributed by atoms with Gasteiger partial charge in [-0.1, -0.05) is 13.3 Å². The Morgan fingerprint density at radius 3 is 2.67 bits per heavy atom. The van der Waals surface area contributed by atoms with E-state index in [9.17, 15) is 4.79 Å². The molecule has 0 saturated carbocycles. The summed E-state index contributed by atoms with van der Waals surface area (Å²) >= 11 is 0. The van der Waals surface area contributed by atoms with Gasteiger partial charge in [-0.2, -0.15) is 0 Å². The number of nitrogens with one attached hydrogen (secondary N) is 1. The van der Waals surface area contributed by atoms with Gasteiger partial charge in [0, 0.05) is 5.71 Å². The lowest BCUT2D eigenvalue weighted by Gasteiger charge is -1.96. The Morgan fingerprint density at radius 2 is 2.25 bits per heavy atom. The number of rotatable bonds is 5. The van der Waals surface area contributed by atoms with Crippen molar-refractivity contribution in [1.29, 1.82) is 5.41 Å². The largest absolute Gasteiger partial charge is 0.477 e. The Balaban J connectivity index is 3.97. The zero-order chi connectivity index (χ0) is 9.56. The number of hydrogen-bond acceptors (Lipinski definition) is 3. The molecule has 4 nitrogen and oxygen atoms in total. The first-order valence-corrected chi connectivity index (χ1v) is 3.85. The summed E-state index contributed by atoms with van der Waals surface area (Å²) in [6, 6.07) is 0. The van der Waals surface area contributed by atoms with Crippen molar-refractivity contribution in [2.75, 3.05) is 0 Å². The average Bonchev–Trinajstić information content (AvgIpc) is 2.00. The molecular weight excluding hydrogens is 156 g/mol. The summed E-state index contributed by atoms with van der Waals surface area (Å²) in [7, 11) is 0. The van der Waals surface area contributed by atoms with Gasteiger partial charge in [-0.3, -0.25) is 0 Å². The summed E-state index contributed by atoms with van der Waals surface area (Å²) in [5, 5.41) is 15.7. The molecule has 0 fully saturated rings. The molecule has 0 aromatic rings. The maximum absolute atomic E-state index is 10.2. The second kappa shape index (κ2) is 5.35. The van der Waals surface area contributed by atoms with Gasteiger partial charge in [0.25, 0.3) is 0 Å². The normalized spacial score (nSPS) is 11.2. The standard InChI is InChI=1S/C8H14N2O2/c1-2-3-4-6(9)5-7(10)8(11)12/h5,9H,2-4,10H2,1H3,(H,11,12)/b7-5-,9-6?. The molecule has 0 bridgehead atoms. The summed E-state index contributed by atoms with van der Waals surface area (Å²) in [5.41, 5.74) is 5.12. The maximum atomic E-state index is 10.2. The minimum Gasteiger partial charge on any atom is -0.477 e. The molecule has 0 aromatic carbocycles. The van der Waals surface area contributed by atoms with Crippen molar-refractivity contribution < 1.29 is 9.90 Å². The van der Waals surface area contributed by atoms with E-state index < -0.39 is 5.97 Å². The molecule has 0 heterocycles. The summed E-state index contributed by atoms with van der Waals surface area (Å²) in [6.45, 7) is 2.01. The number of unbranched alkanes of at least 4 members (excludes halogenated alkanes) is 1. The van der Waals surface area contributed by atoms with Crippen LogP contribution in [0, 0.1) is 5.41 Å². The number of carboxylic acid groups (broad SMARTS) is 1. The lowest BCUT2D eigenvalue weighted by atomic mass is 10.1. The van der Waals surface area contributed by atoms with Crippen LogP contribution in [-0.4, -0.2) is 16.8 Å². The van der Waals surface area contributed by atoms with Crippen LogP contribution in [0.5, 0.6) is 0 Å².